The average molecular weight is 422 g/mol. The van der Waals surface area contributed by atoms with Crippen molar-refractivity contribution in [3.63, 3.8) is 0 Å². The summed E-state index contributed by atoms with van der Waals surface area (Å²) in [4.78, 5) is 34.5. The lowest BCUT2D eigenvalue weighted by Crippen LogP contribution is -2.45. The van der Waals surface area contributed by atoms with Crippen LogP contribution in [0.25, 0.3) is 0 Å². The van der Waals surface area contributed by atoms with Gasteiger partial charge in [-0.25, -0.2) is 4.98 Å². The van der Waals surface area contributed by atoms with Gasteiger partial charge in [-0.3, -0.25) is 9.59 Å². The molecule has 0 radical (unpaired) electrons. The summed E-state index contributed by atoms with van der Waals surface area (Å²) in [6.07, 6.45) is -0.237. The van der Waals surface area contributed by atoms with Crippen LogP contribution in [0, 0.1) is 6.92 Å². The molecule has 0 fully saturated rings. The molecule has 2 aromatic carbocycles. The molecule has 0 aliphatic carbocycles. The first kappa shape index (κ1) is 21.5. The average Bonchev–Trinajstić information content (AvgIpc) is 2.77. The number of benzene rings is 2. The SMILES string of the molecule is CCCSc1nc(C)cc(O[C@@H](NC(=O)c2ccccc2)C(=O)c2ccccc2)n1. The summed E-state index contributed by atoms with van der Waals surface area (Å²) in [5.74, 6) is 0.346. The van der Waals surface area contributed by atoms with E-state index in [9.17, 15) is 9.59 Å². The van der Waals surface area contributed by atoms with Crippen molar-refractivity contribution < 1.29 is 14.3 Å². The van der Waals surface area contributed by atoms with Crippen LogP contribution >= 0.6 is 11.8 Å². The Kier molecular flexibility index (Phi) is 7.57. The third-order valence-corrected chi connectivity index (χ3v) is 5.13. The highest BCUT2D eigenvalue weighted by atomic mass is 32.2. The molecule has 6 nitrogen and oxygen atoms in total. The molecule has 1 atom stereocenters. The first-order chi connectivity index (χ1) is 14.6. The van der Waals surface area contributed by atoms with Gasteiger partial charge in [-0.15, -0.1) is 0 Å². The minimum absolute atomic E-state index is 0.240. The van der Waals surface area contributed by atoms with Gasteiger partial charge in [-0.1, -0.05) is 67.2 Å². The van der Waals surface area contributed by atoms with Gasteiger partial charge in [-0.05, 0) is 25.5 Å². The van der Waals surface area contributed by atoms with E-state index in [1.807, 2.05) is 19.1 Å². The van der Waals surface area contributed by atoms with Gasteiger partial charge >= 0.3 is 0 Å². The highest BCUT2D eigenvalue weighted by molar-refractivity contribution is 7.99. The van der Waals surface area contributed by atoms with Crippen molar-refractivity contribution in [1.82, 2.24) is 15.3 Å². The van der Waals surface area contributed by atoms with Gasteiger partial charge in [0.15, 0.2) is 5.16 Å². The van der Waals surface area contributed by atoms with Crippen LogP contribution in [0.2, 0.25) is 0 Å². The zero-order chi connectivity index (χ0) is 21.3. The van der Waals surface area contributed by atoms with E-state index >= 15 is 0 Å². The molecule has 1 heterocycles. The van der Waals surface area contributed by atoms with Crippen molar-refractivity contribution in [3.8, 4) is 5.88 Å². The molecule has 0 saturated carbocycles. The summed E-state index contributed by atoms with van der Waals surface area (Å²) >= 11 is 1.52. The number of carbonyl (C=O) groups is 2. The Balaban J connectivity index is 1.86. The minimum Gasteiger partial charge on any atom is -0.446 e. The van der Waals surface area contributed by atoms with Crippen LogP contribution in [0.1, 0.15) is 39.8 Å². The van der Waals surface area contributed by atoms with E-state index in [-0.39, 0.29) is 11.7 Å². The van der Waals surface area contributed by atoms with Crippen LogP contribution in [0.3, 0.4) is 0 Å². The van der Waals surface area contributed by atoms with E-state index in [0.29, 0.717) is 16.3 Å². The van der Waals surface area contributed by atoms with E-state index in [1.165, 1.54) is 11.8 Å². The van der Waals surface area contributed by atoms with E-state index in [2.05, 4.69) is 22.2 Å². The molecule has 3 aromatic rings. The standard InChI is InChI=1S/C23H23N3O3S/c1-3-14-30-23-24-16(2)15-19(25-23)29-22(20(27)17-10-6-4-7-11-17)26-21(28)18-12-8-5-9-13-18/h4-13,15,22H,3,14H2,1-2H3,(H,26,28)/t22-/m1/s1. The number of carbonyl (C=O) groups excluding carboxylic acids is 2. The van der Waals surface area contributed by atoms with Crippen LogP contribution in [0.15, 0.2) is 71.9 Å². The fraction of sp³-hybridized carbons (Fsp3) is 0.217. The Morgan fingerprint density at radius 1 is 1.00 bits per heavy atom. The quantitative estimate of drug-likeness (QED) is 0.240. The number of Topliss-reactive ketones (excluding diaryl/α,β-unsaturated/α-hetero) is 1. The van der Waals surface area contributed by atoms with Gasteiger partial charge in [0, 0.05) is 28.6 Å². The molecule has 1 amide bonds. The largest absolute Gasteiger partial charge is 0.446 e. The highest BCUT2D eigenvalue weighted by Gasteiger charge is 2.25. The second kappa shape index (κ2) is 10.5. The molecule has 0 aliphatic heterocycles. The number of rotatable bonds is 9. The van der Waals surface area contributed by atoms with Crippen molar-refractivity contribution >= 4 is 23.5 Å². The molecule has 0 aliphatic rings. The molecule has 0 bridgehead atoms. The van der Waals surface area contributed by atoms with Crippen LogP contribution in [-0.4, -0.2) is 33.6 Å². The molecule has 30 heavy (non-hydrogen) atoms. The van der Waals surface area contributed by atoms with Crippen molar-refractivity contribution in [2.45, 2.75) is 31.7 Å². The van der Waals surface area contributed by atoms with Gasteiger partial charge in [0.05, 0.1) is 0 Å². The maximum atomic E-state index is 13.1. The summed E-state index contributed by atoms with van der Waals surface area (Å²) in [6.45, 7) is 3.91. The van der Waals surface area contributed by atoms with Gasteiger partial charge in [-0.2, -0.15) is 4.98 Å². The minimum atomic E-state index is -1.22. The van der Waals surface area contributed by atoms with Gasteiger partial charge in [0.25, 0.3) is 5.91 Å². The third-order valence-electron chi connectivity index (χ3n) is 4.08. The lowest BCUT2D eigenvalue weighted by Gasteiger charge is -2.19. The fourth-order valence-corrected chi connectivity index (χ4v) is 3.40. The maximum Gasteiger partial charge on any atom is 0.254 e. The topological polar surface area (TPSA) is 81.2 Å². The van der Waals surface area contributed by atoms with Crippen molar-refractivity contribution in [1.29, 1.82) is 0 Å². The summed E-state index contributed by atoms with van der Waals surface area (Å²) in [5, 5.41) is 3.26. The van der Waals surface area contributed by atoms with E-state index in [1.54, 1.807) is 54.6 Å². The monoisotopic (exact) mass is 421 g/mol. The molecule has 1 aromatic heterocycles. The number of aromatic nitrogens is 2. The smallest absolute Gasteiger partial charge is 0.254 e. The van der Waals surface area contributed by atoms with Crippen molar-refractivity contribution in [2.24, 2.45) is 0 Å². The van der Waals surface area contributed by atoms with Gasteiger partial charge in [0.1, 0.15) is 0 Å². The molecule has 154 valence electrons. The predicted octanol–water partition coefficient (Wildman–Crippen LogP) is 4.30. The number of aryl methyl sites for hydroxylation is 1. The Morgan fingerprint density at radius 3 is 2.27 bits per heavy atom. The zero-order valence-corrected chi connectivity index (χ0v) is 17.7. The van der Waals surface area contributed by atoms with Crippen LogP contribution in [0.4, 0.5) is 0 Å². The van der Waals surface area contributed by atoms with E-state index in [0.717, 1.165) is 17.9 Å². The van der Waals surface area contributed by atoms with Crippen molar-refractivity contribution in [2.75, 3.05) is 5.75 Å². The summed E-state index contributed by atoms with van der Waals surface area (Å²) < 4.78 is 5.88. The Labute approximate surface area is 180 Å². The number of hydrogen-bond donors (Lipinski definition) is 1. The Bertz CT molecular complexity index is 997. The maximum absolute atomic E-state index is 13.1. The molecular weight excluding hydrogens is 398 g/mol. The second-order valence-electron chi connectivity index (χ2n) is 6.55. The highest BCUT2D eigenvalue weighted by Crippen LogP contribution is 2.20. The van der Waals surface area contributed by atoms with Gasteiger partial charge in [0.2, 0.25) is 17.9 Å². The fourth-order valence-electron chi connectivity index (χ4n) is 2.65. The number of ketones is 1. The number of thioether (sulfide) groups is 1. The molecule has 1 N–H and O–H groups in total. The normalized spacial score (nSPS) is 11.5. The number of nitrogens with zero attached hydrogens (tertiary/aromatic N) is 2. The van der Waals surface area contributed by atoms with Crippen LogP contribution < -0.4 is 10.1 Å². The molecule has 3 rings (SSSR count). The molecular formula is C23H23N3O3S. The Morgan fingerprint density at radius 2 is 1.63 bits per heavy atom. The lowest BCUT2D eigenvalue weighted by atomic mass is 10.1. The van der Waals surface area contributed by atoms with E-state index in [4.69, 9.17) is 4.74 Å². The molecule has 0 unspecified atom stereocenters. The first-order valence-electron chi connectivity index (χ1n) is 9.67. The summed E-state index contributed by atoms with van der Waals surface area (Å²) in [7, 11) is 0. The third kappa shape index (κ3) is 5.90. The van der Waals surface area contributed by atoms with Crippen LogP contribution in [-0.2, 0) is 0 Å². The lowest BCUT2D eigenvalue weighted by molar-refractivity contribution is 0.0648. The van der Waals surface area contributed by atoms with Gasteiger partial charge < -0.3 is 10.1 Å². The van der Waals surface area contributed by atoms with Crippen molar-refractivity contribution in [3.05, 3.63) is 83.6 Å². The zero-order valence-electron chi connectivity index (χ0n) is 16.9. The molecule has 7 heteroatoms. The predicted molar refractivity (Wildman–Crippen MR) is 117 cm³/mol. The number of ether oxygens (including phenoxy) is 1. The number of hydrogen-bond acceptors (Lipinski definition) is 6. The number of amides is 1. The first-order valence-corrected chi connectivity index (χ1v) is 10.7. The molecule has 0 saturated heterocycles. The molecule has 0 spiro atoms. The summed E-state index contributed by atoms with van der Waals surface area (Å²) in [6, 6.07) is 19.0. The van der Waals surface area contributed by atoms with Crippen LogP contribution in [0.5, 0.6) is 5.88 Å². The number of nitrogens with one attached hydrogen (secondary N) is 1. The Hall–Kier alpha value is -3.19. The summed E-state index contributed by atoms with van der Waals surface area (Å²) in [5.41, 5.74) is 1.59. The van der Waals surface area contributed by atoms with E-state index < -0.39 is 12.1 Å². The second-order valence-corrected chi connectivity index (χ2v) is 7.61.